The van der Waals surface area contributed by atoms with E-state index in [0.29, 0.717) is 6.04 Å². The summed E-state index contributed by atoms with van der Waals surface area (Å²) in [6.07, 6.45) is 3.82. The summed E-state index contributed by atoms with van der Waals surface area (Å²) in [7, 11) is 0. The molecule has 2 aromatic carbocycles. The van der Waals surface area contributed by atoms with Crippen LogP contribution in [0.15, 0.2) is 47.8 Å². The molecule has 0 amide bonds. The van der Waals surface area contributed by atoms with Gasteiger partial charge in [0.1, 0.15) is 0 Å². The van der Waals surface area contributed by atoms with E-state index in [0.717, 1.165) is 0 Å². The van der Waals surface area contributed by atoms with E-state index >= 15 is 0 Å². The zero-order valence-corrected chi connectivity index (χ0v) is 13.0. The van der Waals surface area contributed by atoms with Crippen molar-refractivity contribution in [1.82, 2.24) is 0 Å². The molecule has 1 unspecified atom stereocenters. The molecule has 1 aliphatic rings. The Bertz CT molecular complexity index is 787. The minimum absolute atomic E-state index is 0.340. The molecule has 0 saturated heterocycles. The first kappa shape index (κ1) is 12.9. The third-order valence-corrected chi connectivity index (χ3v) is 5.36. The van der Waals surface area contributed by atoms with Crippen molar-refractivity contribution in [1.29, 1.82) is 0 Å². The van der Waals surface area contributed by atoms with Gasteiger partial charge in [-0.3, -0.25) is 0 Å². The highest BCUT2D eigenvalue weighted by atomic mass is 32.1. The molecular weight excluding hydrogens is 274 g/mol. The molecule has 4 rings (SSSR count). The molecule has 1 atom stereocenters. The van der Waals surface area contributed by atoms with Crippen LogP contribution < -0.4 is 5.32 Å². The number of fused-ring (bicyclic) bond motifs is 2. The summed E-state index contributed by atoms with van der Waals surface area (Å²) in [5.41, 5.74) is 5.69. The van der Waals surface area contributed by atoms with Crippen LogP contribution in [0.5, 0.6) is 0 Å². The van der Waals surface area contributed by atoms with Crippen LogP contribution in [-0.4, -0.2) is 0 Å². The van der Waals surface area contributed by atoms with Crippen molar-refractivity contribution in [3.05, 3.63) is 64.5 Å². The SMILES string of the molecule is CC(Nc1ccc2sccc2c1)c1ccc2c(c1)CCC2. The van der Waals surface area contributed by atoms with Gasteiger partial charge in [0, 0.05) is 16.4 Å². The second-order valence-electron chi connectivity index (χ2n) is 5.92. The summed E-state index contributed by atoms with van der Waals surface area (Å²) >= 11 is 1.80. The first-order valence-electron chi connectivity index (χ1n) is 7.65. The second kappa shape index (κ2) is 5.19. The highest BCUT2D eigenvalue weighted by molar-refractivity contribution is 7.17. The maximum atomic E-state index is 3.64. The molecule has 2 heteroatoms. The van der Waals surface area contributed by atoms with E-state index in [9.17, 15) is 0 Å². The van der Waals surface area contributed by atoms with E-state index < -0.39 is 0 Å². The minimum atomic E-state index is 0.340. The molecule has 21 heavy (non-hydrogen) atoms. The molecule has 106 valence electrons. The van der Waals surface area contributed by atoms with Gasteiger partial charge in [0.15, 0.2) is 0 Å². The lowest BCUT2D eigenvalue weighted by atomic mass is 10.0. The largest absolute Gasteiger partial charge is 0.379 e. The number of anilines is 1. The number of rotatable bonds is 3. The molecule has 1 heterocycles. The van der Waals surface area contributed by atoms with E-state index in [4.69, 9.17) is 0 Å². The summed E-state index contributed by atoms with van der Waals surface area (Å²) < 4.78 is 1.35. The zero-order chi connectivity index (χ0) is 14.2. The number of hydrogen-bond donors (Lipinski definition) is 1. The van der Waals surface area contributed by atoms with E-state index in [1.807, 2.05) is 0 Å². The van der Waals surface area contributed by atoms with E-state index in [1.54, 1.807) is 22.5 Å². The molecule has 0 aliphatic heterocycles. The van der Waals surface area contributed by atoms with Crippen LogP contribution in [0.1, 0.15) is 36.1 Å². The third kappa shape index (κ3) is 2.44. The van der Waals surface area contributed by atoms with Gasteiger partial charge in [-0.1, -0.05) is 18.2 Å². The average Bonchev–Trinajstić information content (AvgIpc) is 3.14. The van der Waals surface area contributed by atoms with Gasteiger partial charge in [0.25, 0.3) is 0 Å². The highest BCUT2D eigenvalue weighted by Crippen LogP contribution is 2.29. The van der Waals surface area contributed by atoms with Crippen LogP contribution in [0.3, 0.4) is 0 Å². The smallest absolute Gasteiger partial charge is 0.0485 e. The second-order valence-corrected chi connectivity index (χ2v) is 6.87. The summed E-state index contributed by atoms with van der Waals surface area (Å²) in [6.45, 7) is 2.24. The molecule has 0 spiro atoms. The minimum Gasteiger partial charge on any atom is -0.379 e. The Morgan fingerprint density at radius 2 is 1.90 bits per heavy atom. The molecule has 1 aliphatic carbocycles. The van der Waals surface area contributed by atoms with E-state index in [2.05, 4.69) is 60.1 Å². The summed E-state index contributed by atoms with van der Waals surface area (Å²) in [6, 6.07) is 16.2. The lowest BCUT2D eigenvalue weighted by Crippen LogP contribution is -2.07. The monoisotopic (exact) mass is 293 g/mol. The molecule has 0 saturated carbocycles. The van der Waals surface area contributed by atoms with Gasteiger partial charge in [-0.05, 0) is 77.9 Å². The van der Waals surface area contributed by atoms with Crippen molar-refractivity contribution >= 4 is 27.1 Å². The number of thiophene rings is 1. The maximum absolute atomic E-state index is 3.64. The molecular formula is C19H19NS. The number of nitrogens with one attached hydrogen (secondary N) is 1. The average molecular weight is 293 g/mol. The number of hydrogen-bond acceptors (Lipinski definition) is 2. The predicted molar refractivity (Wildman–Crippen MR) is 92.3 cm³/mol. The lowest BCUT2D eigenvalue weighted by Gasteiger charge is -2.17. The fourth-order valence-electron chi connectivity index (χ4n) is 3.25. The molecule has 1 nitrogen and oxygen atoms in total. The molecule has 1 aromatic heterocycles. The van der Waals surface area contributed by atoms with Crippen molar-refractivity contribution in [2.45, 2.75) is 32.2 Å². The van der Waals surface area contributed by atoms with Crippen molar-refractivity contribution < 1.29 is 0 Å². The fraction of sp³-hybridized carbons (Fsp3) is 0.263. The third-order valence-electron chi connectivity index (χ3n) is 4.46. The summed E-state index contributed by atoms with van der Waals surface area (Å²) in [4.78, 5) is 0. The highest BCUT2D eigenvalue weighted by Gasteiger charge is 2.13. The molecule has 3 aromatic rings. The molecule has 1 N–H and O–H groups in total. The Kier molecular flexibility index (Phi) is 3.19. The zero-order valence-electron chi connectivity index (χ0n) is 12.2. The van der Waals surface area contributed by atoms with Crippen LogP contribution in [0.2, 0.25) is 0 Å². The van der Waals surface area contributed by atoms with Gasteiger partial charge >= 0.3 is 0 Å². The van der Waals surface area contributed by atoms with E-state index in [-0.39, 0.29) is 0 Å². The maximum Gasteiger partial charge on any atom is 0.0485 e. The standard InChI is InChI=1S/C19H19NS/c1-13(15-6-5-14-3-2-4-16(14)11-15)20-18-7-8-19-17(12-18)9-10-21-19/h5-13,20H,2-4H2,1H3. The summed E-state index contributed by atoms with van der Waals surface area (Å²) in [5.74, 6) is 0. The Labute approximate surface area is 129 Å². The van der Waals surface area contributed by atoms with Crippen molar-refractivity contribution in [2.75, 3.05) is 5.32 Å². The Morgan fingerprint density at radius 3 is 2.86 bits per heavy atom. The van der Waals surface area contributed by atoms with Gasteiger partial charge in [0.05, 0.1) is 0 Å². The van der Waals surface area contributed by atoms with Crippen LogP contribution in [-0.2, 0) is 12.8 Å². The molecule has 0 fully saturated rings. The topological polar surface area (TPSA) is 12.0 Å². The van der Waals surface area contributed by atoms with Crippen molar-refractivity contribution in [2.24, 2.45) is 0 Å². The van der Waals surface area contributed by atoms with Gasteiger partial charge in [-0.15, -0.1) is 11.3 Å². The fourth-order valence-corrected chi connectivity index (χ4v) is 4.02. The van der Waals surface area contributed by atoms with Crippen LogP contribution in [0.4, 0.5) is 5.69 Å². The van der Waals surface area contributed by atoms with Gasteiger partial charge in [-0.2, -0.15) is 0 Å². The van der Waals surface area contributed by atoms with E-state index in [1.165, 1.54) is 40.6 Å². The van der Waals surface area contributed by atoms with Crippen molar-refractivity contribution in [3.63, 3.8) is 0 Å². The quantitative estimate of drug-likeness (QED) is 0.666. The van der Waals surface area contributed by atoms with Gasteiger partial charge in [0.2, 0.25) is 0 Å². The Balaban J connectivity index is 1.58. The van der Waals surface area contributed by atoms with Crippen LogP contribution >= 0.6 is 11.3 Å². The Hall–Kier alpha value is -1.80. The normalized spacial score (nSPS) is 15.1. The van der Waals surface area contributed by atoms with Gasteiger partial charge in [-0.25, -0.2) is 0 Å². The van der Waals surface area contributed by atoms with Crippen LogP contribution in [0, 0.1) is 0 Å². The predicted octanol–water partition coefficient (Wildman–Crippen LogP) is 5.56. The first-order chi connectivity index (χ1) is 10.3. The molecule has 0 radical (unpaired) electrons. The summed E-state index contributed by atoms with van der Waals surface area (Å²) in [5, 5.41) is 7.11. The number of benzene rings is 2. The van der Waals surface area contributed by atoms with Crippen molar-refractivity contribution in [3.8, 4) is 0 Å². The number of aryl methyl sites for hydroxylation is 2. The van der Waals surface area contributed by atoms with Crippen LogP contribution in [0.25, 0.3) is 10.1 Å². The first-order valence-corrected chi connectivity index (χ1v) is 8.53. The lowest BCUT2D eigenvalue weighted by molar-refractivity contribution is 0.880. The Morgan fingerprint density at radius 1 is 1.00 bits per heavy atom. The van der Waals surface area contributed by atoms with Gasteiger partial charge < -0.3 is 5.32 Å². The molecule has 0 bridgehead atoms.